The molecule has 1 aromatic rings. The highest BCUT2D eigenvalue weighted by molar-refractivity contribution is 6.31. The van der Waals surface area contributed by atoms with Crippen molar-refractivity contribution >= 4 is 11.6 Å². The van der Waals surface area contributed by atoms with Crippen molar-refractivity contribution in [3.63, 3.8) is 0 Å². The van der Waals surface area contributed by atoms with E-state index in [1.54, 1.807) is 0 Å². The van der Waals surface area contributed by atoms with E-state index in [0.717, 1.165) is 5.02 Å². The van der Waals surface area contributed by atoms with Gasteiger partial charge in [0.1, 0.15) is 0 Å². The monoisotopic (exact) mass is 190 g/mol. The van der Waals surface area contributed by atoms with Gasteiger partial charge in [0, 0.05) is 16.9 Å². The summed E-state index contributed by atoms with van der Waals surface area (Å²) in [5.41, 5.74) is 4.18. The van der Waals surface area contributed by atoms with E-state index in [9.17, 15) is 0 Å². The van der Waals surface area contributed by atoms with Gasteiger partial charge in [-0.05, 0) is 36.1 Å². The first-order valence-corrected chi connectivity index (χ1v) is 5.12. The van der Waals surface area contributed by atoms with Crippen molar-refractivity contribution in [2.24, 2.45) is 0 Å². The Labute approximate surface area is 83.2 Å². The highest BCUT2D eigenvalue weighted by atomic mass is 35.5. The lowest BCUT2D eigenvalue weighted by Gasteiger charge is -2.11. The summed E-state index contributed by atoms with van der Waals surface area (Å²) in [5.74, 6) is 1.33. The van der Waals surface area contributed by atoms with E-state index in [0.29, 0.717) is 11.8 Å². The van der Waals surface area contributed by atoms with Crippen molar-refractivity contribution < 1.29 is 0 Å². The van der Waals surface area contributed by atoms with Crippen molar-refractivity contribution in [2.75, 3.05) is 0 Å². The number of hydrogen-bond acceptors (Lipinski definition) is 0. The van der Waals surface area contributed by atoms with Gasteiger partial charge in [0.25, 0.3) is 0 Å². The zero-order valence-corrected chi connectivity index (χ0v) is 8.31. The van der Waals surface area contributed by atoms with Crippen LogP contribution in [0.15, 0.2) is 24.3 Å². The fourth-order valence-electron chi connectivity index (χ4n) is 2.52. The Morgan fingerprint density at radius 2 is 1.77 bits per heavy atom. The van der Waals surface area contributed by atoms with Crippen molar-refractivity contribution in [1.82, 2.24) is 0 Å². The molecule has 0 fully saturated rings. The SMILES string of the molecule is Cc1cc2c(cc1Cl)C1C=CC2C1. The molecular weight excluding hydrogens is 180 g/mol. The maximum Gasteiger partial charge on any atom is 0.0438 e. The summed E-state index contributed by atoms with van der Waals surface area (Å²) in [5, 5.41) is 0.916. The van der Waals surface area contributed by atoms with Crippen molar-refractivity contribution in [3.8, 4) is 0 Å². The first kappa shape index (κ1) is 7.64. The molecule has 1 heteroatoms. The fraction of sp³-hybridized carbons (Fsp3) is 0.333. The minimum absolute atomic E-state index is 0.651. The van der Waals surface area contributed by atoms with Crippen LogP contribution in [-0.4, -0.2) is 0 Å². The summed E-state index contributed by atoms with van der Waals surface area (Å²) in [7, 11) is 0. The quantitative estimate of drug-likeness (QED) is 0.546. The number of rotatable bonds is 0. The molecule has 2 unspecified atom stereocenters. The molecule has 0 saturated carbocycles. The molecule has 2 aliphatic rings. The molecule has 0 spiro atoms. The number of aryl methyl sites for hydroxylation is 1. The van der Waals surface area contributed by atoms with E-state index < -0.39 is 0 Å². The molecule has 13 heavy (non-hydrogen) atoms. The summed E-state index contributed by atoms with van der Waals surface area (Å²) in [6.07, 6.45) is 5.92. The summed E-state index contributed by atoms with van der Waals surface area (Å²) in [6.45, 7) is 2.08. The van der Waals surface area contributed by atoms with Gasteiger partial charge in [-0.2, -0.15) is 0 Å². The third-order valence-electron chi connectivity index (χ3n) is 3.25. The van der Waals surface area contributed by atoms with E-state index in [1.165, 1.54) is 23.1 Å². The number of benzene rings is 1. The van der Waals surface area contributed by atoms with Crippen LogP contribution in [-0.2, 0) is 0 Å². The van der Waals surface area contributed by atoms with Gasteiger partial charge in [-0.1, -0.05) is 29.8 Å². The normalized spacial score (nSPS) is 28.2. The summed E-state index contributed by atoms with van der Waals surface area (Å²) in [4.78, 5) is 0. The minimum atomic E-state index is 0.651. The van der Waals surface area contributed by atoms with E-state index >= 15 is 0 Å². The molecule has 0 radical (unpaired) electrons. The van der Waals surface area contributed by atoms with Gasteiger partial charge in [0.05, 0.1) is 0 Å². The van der Waals surface area contributed by atoms with Crippen molar-refractivity contribution in [1.29, 1.82) is 0 Å². The maximum absolute atomic E-state index is 6.11. The number of hydrogen-bond donors (Lipinski definition) is 0. The standard InChI is InChI=1S/C12H11Cl/c1-7-4-10-8-2-3-9(5-8)11(10)6-12(7)13/h2-4,6,8-9H,5H2,1H3. The second-order valence-electron chi connectivity index (χ2n) is 4.06. The highest BCUT2D eigenvalue weighted by Gasteiger charge is 2.32. The highest BCUT2D eigenvalue weighted by Crippen LogP contribution is 2.49. The predicted octanol–water partition coefficient (Wildman–Crippen LogP) is 3.79. The second kappa shape index (κ2) is 2.39. The number of fused-ring (bicyclic) bond motifs is 5. The molecule has 0 amide bonds. The van der Waals surface area contributed by atoms with Gasteiger partial charge >= 0.3 is 0 Å². The zero-order chi connectivity index (χ0) is 9.00. The average molecular weight is 191 g/mol. The van der Waals surface area contributed by atoms with E-state index in [4.69, 9.17) is 11.6 Å². The first-order chi connectivity index (χ1) is 6.25. The summed E-state index contributed by atoms with van der Waals surface area (Å²) < 4.78 is 0. The third-order valence-corrected chi connectivity index (χ3v) is 3.65. The van der Waals surface area contributed by atoms with Crippen LogP contribution in [0.5, 0.6) is 0 Å². The molecule has 3 rings (SSSR count). The van der Waals surface area contributed by atoms with Crippen LogP contribution in [0.25, 0.3) is 0 Å². The lowest BCUT2D eigenvalue weighted by atomic mass is 9.95. The van der Waals surface area contributed by atoms with Crippen LogP contribution in [0.4, 0.5) is 0 Å². The molecule has 0 saturated heterocycles. The Morgan fingerprint density at radius 3 is 2.46 bits per heavy atom. The molecule has 0 aromatic heterocycles. The largest absolute Gasteiger partial charge is 0.0840 e. The van der Waals surface area contributed by atoms with Crippen LogP contribution in [0.3, 0.4) is 0 Å². The van der Waals surface area contributed by atoms with Gasteiger partial charge in [-0.25, -0.2) is 0 Å². The molecule has 2 atom stereocenters. The predicted molar refractivity (Wildman–Crippen MR) is 55.4 cm³/mol. The van der Waals surface area contributed by atoms with Gasteiger partial charge < -0.3 is 0 Å². The molecule has 1 aromatic carbocycles. The van der Waals surface area contributed by atoms with E-state index in [2.05, 4.69) is 31.2 Å². The van der Waals surface area contributed by atoms with Crippen LogP contribution < -0.4 is 0 Å². The van der Waals surface area contributed by atoms with Gasteiger partial charge in [-0.15, -0.1) is 0 Å². The Morgan fingerprint density at radius 1 is 1.15 bits per heavy atom. The summed E-state index contributed by atoms with van der Waals surface area (Å²) >= 11 is 6.11. The third kappa shape index (κ3) is 0.926. The van der Waals surface area contributed by atoms with Gasteiger partial charge in [0.2, 0.25) is 0 Å². The maximum atomic E-state index is 6.11. The zero-order valence-electron chi connectivity index (χ0n) is 7.55. The lowest BCUT2D eigenvalue weighted by molar-refractivity contribution is 0.804. The van der Waals surface area contributed by atoms with Crippen LogP contribution in [0.1, 0.15) is 34.9 Å². The molecule has 2 bridgehead atoms. The van der Waals surface area contributed by atoms with Gasteiger partial charge in [-0.3, -0.25) is 0 Å². The molecule has 0 N–H and O–H groups in total. The fourth-order valence-corrected chi connectivity index (χ4v) is 2.69. The number of allylic oxidation sites excluding steroid dienone is 2. The lowest BCUT2D eigenvalue weighted by Crippen LogP contribution is -1.93. The topological polar surface area (TPSA) is 0 Å². The Bertz CT molecular complexity index is 367. The second-order valence-corrected chi connectivity index (χ2v) is 4.47. The van der Waals surface area contributed by atoms with Crippen molar-refractivity contribution in [3.05, 3.63) is 46.0 Å². The molecular formula is C12H11Cl. The van der Waals surface area contributed by atoms with Crippen LogP contribution in [0.2, 0.25) is 5.02 Å². The van der Waals surface area contributed by atoms with Gasteiger partial charge in [0.15, 0.2) is 0 Å². The Kier molecular flexibility index (Phi) is 1.40. The Balaban J connectivity index is 2.25. The molecule has 0 aliphatic heterocycles. The van der Waals surface area contributed by atoms with Crippen LogP contribution >= 0.6 is 11.6 Å². The van der Waals surface area contributed by atoms with Crippen molar-refractivity contribution in [2.45, 2.75) is 25.2 Å². The average Bonchev–Trinajstić information content (AvgIpc) is 2.67. The molecule has 66 valence electrons. The number of halogens is 1. The first-order valence-electron chi connectivity index (χ1n) is 4.74. The molecule has 0 heterocycles. The molecule has 0 nitrogen and oxygen atoms in total. The smallest absolute Gasteiger partial charge is 0.0438 e. The minimum Gasteiger partial charge on any atom is -0.0840 e. The van der Waals surface area contributed by atoms with E-state index in [1.807, 2.05) is 0 Å². The Hall–Kier alpha value is -0.750. The molecule has 2 aliphatic carbocycles. The van der Waals surface area contributed by atoms with Crippen LogP contribution in [0, 0.1) is 6.92 Å². The summed E-state index contributed by atoms with van der Waals surface area (Å²) in [6, 6.07) is 4.41. The van der Waals surface area contributed by atoms with E-state index in [-0.39, 0.29) is 0 Å².